The van der Waals surface area contributed by atoms with Gasteiger partial charge in [0, 0.05) is 35.6 Å². The van der Waals surface area contributed by atoms with Crippen molar-refractivity contribution in [3.63, 3.8) is 0 Å². The van der Waals surface area contributed by atoms with Gasteiger partial charge in [0.1, 0.15) is 17.7 Å². The summed E-state index contributed by atoms with van der Waals surface area (Å²) in [5, 5.41) is 23.9. The van der Waals surface area contributed by atoms with E-state index in [4.69, 9.17) is 0 Å². The highest BCUT2D eigenvalue weighted by atomic mass is 19.1. The van der Waals surface area contributed by atoms with Crippen LogP contribution in [0.25, 0.3) is 22.2 Å². The van der Waals surface area contributed by atoms with Gasteiger partial charge >= 0.3 is 0 Å². The molecule has 1 atom stereocenters. The second-order valence-corrected chi connectivity index (χ2v) is 9.58. The summed E-state index contributed by atoms with van der Waals surface area (Å²) in [4.78, 5) is 22.0. The van der Waals surface area contributed by atoms with Crippen molar-refractivity contribution in [1.82, 2.24) is 25.5 Å². The average Bonchev–Trinajstić information content (AvgIpc) is 3.38. The molecule has 40 heavy (non-hydrogen) atoms. The number of halogens is 1. The monoisotopic (exact) mass is 533 g/mol. The maximum absolute atomic E-state index is 13.3. The van der Waals surface area contributed by atoms with Crippen LogP contribution in [0.4, 0.5) is 10.2 Å². The quantitative estimate of drug-likeness (QED) is 0.211. The summed E-state index contributed by atoms with van der Waals surface area (Å²) in [6.45, 7) is 4.37. The number of carbonyl (C=O) groups excluding carboxylic acids is 1. The van der Waals surface area contributed by atoms with Gasteiger partial charge in [0.15, 0.2) is 5.65 Å². The van der Waals surface area contributed by atoms with Crippen LogP contribution in [0.3, 0.4) is 0 Å². The number of nitrogens with zero attached hydrogens (tertiary/aromatic N) is 4. The van der Waals surface area contributed by atoms with Gasteiger partial charge < -0.3 is 10.6 Å². The van der Waals surface area contributed by atoms with Gasteiger partial charge in [-0.15, -0.1) is 0 Å². The van der Waals surface area contributed by atoms with E-state index in [1.807, 2.05) is 43.5 Å². The van der Waals surface area contributed by atoms with Crippen LogP contribution in [-0.4, -0.2) is 26.1 Å². The third-order valence-electron chi connectivity index (χ3n) is 6.71. The second-order valence-electron chi connectivity index (χ2n) is 9.58. The number of fused-ring (bicyclic) bond motifs is 1. The molecule has 1 amide bonds. The van der Waals surface area contributed by atoms with Gasteiger partial charge in [-0.05, 0) is 54.3 Å². The lowest BCUT2D eigenvalue weighted by Crippen LogP contribution is -2.28. The number of anilines is 1. The molecule has 0 saturated heterocycles. The number of H-pyrrole nitrogens is 1. The zero-order valence-electron chi connectivity index (χ0n) is 22.2. The zero-order valence-corrected chi connectivity index (χ0v) is 22.2. The lowest BCUT2D eigenvalue weighted by Gasteiger charge is -2.16. The maximum atomic E-state index is 13.3. The van der Waals surface area contributed by atoms with E-state index in [0.717, 1.165) is 51.8 Å². The predicted molar refractivity (Wildman–Crippen MR) is 152 cm³/mol. The summed E-state index contributed by atoms with van der Waals surface area (Å²) in [6.07, 6.45) is 5.19. The lowest BCUT2D eigenvalue weighted by atomic mass is 10.0. The first kappa shape index (κ1) is 26.5. The summed E-state index contributed by atoms with van der Waals surface area (Å²) in [6, 6.07) is 19.3. The maximum Gasteiger partial charge on any atom is 0.255 e. The van der Waals surface area contributed by atoms with Crippen molar-refractivity contribution in [3.05, 3.63) is 107 Å². The molecule has 8 nitrogen and oxygen atoms in total. The van der Waals surface area contributed by atoms with E-state index in [9.17, 15) is 14.4 Å². The topological polar surface area (TPSA) is 119 Å². The molecule has 1 unspecified atom stereocenters. The molecular formula is C31H28FN7O. The summed E-state index contributed by atoms with van der Waals surface area (Å²) in [5.41, 5.74) is 6.14. The van der Waals surface area contributed by atoms with Crippen LogP contribution in [0.1, 0.15) is 59.1 Å². The van der Waals surface area contributed by atoms with Crippen molar-refractivity contribution in [1.29, 1.82) is 5.26 Å². The Kier molecular flexibility index (Phi) is 7.78. The molecule has 5 rings (SSSR count). The van der Waals surface area contributed by atoms with Crippen LogP contribution >= 0.6 is 0 Å². The van der Waals surface area contributed by atoms with E-state index >= 15 is 0 Å². The molecule has 0 radical (unpaired) electrons. The Balaban J connectivity index is 1.30. The SMILES string of the molecule is CCCc1[nH]nc2ncc(-c3ccc(CNc4ncc(C#N)cc4C(=O)NC(C)c4ccc(F)cc4)cc3)cc12. The molecule has 5 aromatic rings. The summed E-state index contributed by atoms with van der Waals surface area (Å²) >= 11 is 0. The Labute approximate surface area is 231 Å². The minimum Gasteiger partial charge on any atom is -0.365 e. The smallest absolute Gasteiger partial charge is 0.255 e. The minimum atomic E-state index is -0.385. The normalized spacial score (nSPS) is 11.7. The molecule has 200 valence electrons. The van der Waals surface area contributed by atoms with Crippen molar-refractivity contribution >= 4 is 22.8 Å². The molecule has 9 heteroatoms. The molecule has 0 aliphatic carbocycles. The Bertz CT molecular complexity index is 1690. The number of aromatic amines is 1. The zero-order chi connectivity index (χ0) is 28.1. The van der Waals surface area contributed by atoms with Crippen LogP contribution in [-0.2, 0) is 13.0 Å². The molecule has 3 aromatic heterocycles. The van der Waals surface area contributed by atoms with Gasteiger partial charge in [-0.2, -0.15) is 10.4 Å². The highest BCUT2D eigenvalue weighted by Gasteiger charge is 2.17. The molecular weight excluding hydrogens is 505 g/mol. The van der Waals surface area contributed by atoms with E-state index in [-0.39, 0.29) is 28.9 Å². The highest BCUT2D eigenvalue weighted by molar-refractivity contribution is 5.99. The lowest BCUT2D eigenvalue weighted by molar-refractivity contribution is 0.0940. The van der Waals surface area contributed by atoms with Crippen molar-refractivity contribution in [2.45, 2.75) is 39.3 Å². The van der Waals surface area contributed by atoms with Gasteiger partial charge in [0.05, 0.1) is 17.2 Å². The van der Waals surface area contributed by atoms with Crippen LogP contribution in [0, 0.1) is 17.1 Å². The number of nitriles is 1. The molecule has 0 saturated carbocycles. The van der Waals surface area contributed by atoms with Crippen molar-refractivity contribution < 1.29 is 9.18 Å². The molecule has 0 bridgehead atoms. The third-order valence-corrected chi connectivity index (χ3v) is 6.71. The average molecular weight is 534 g/mol. The Morgan fingerprint density at radius 1 is 1.05 bits per heavy atom. The highest BCUT2D eigenvalue weighted by Crippen LogP contribution is 2.25. The van der Waals surface area contributed by atoms with Gasteiger partial charge in [0.2, 0.25) is 0 Å². The summed E-state index contributed by atoms with van der Waals surface area (Å²) < 4.78 is 13.3. The van der Waals surface area contributed by atoms with Gasteiger partial charge in [0.25, 0.3) is 5.91 Å². The number of aromatic nitrogens is 4. The Morgan fingerprint density at radius 2 is 1.82 bits per heavy atom. The molecule has 3 N–H and O–H groups in total. The minimum absolute atomic E-state index is 0.256. The Hall–Kier alpha value is -5.10. The fourth-order valence-electron chi connectivity index (χ4n) is 4.50. The van der Waals surface area contributed by atoms with Crippen molar-refractivity contribution in [2.24, 2.45) is 0 Å². The number of aryl methyl sites for hydroxylation is 1. The van der Waals surface area contributed by atoms with E-state index in [1.54, 1.807) is 12.1 Å². The molecule has 0 aliphatic heterocycles. The van der Waals surface area contributed by atoms with Gasteiger partial charge in [-0.3, -0.25) is 9.89 Å². The second kappa shape index (κ2) is 11.7. The predicted octanol–water partition coefficient (Wildman–Crippen LogP) is 6.09. The van der Waals surface area contributed by atoms with Crippen LogP contribution < -0.4 is 10.6 Å². The first-order valence-electron chi connectivity index (χ1n) is 13.1. The molecule has 2 aromatic carbocycles. The third kappa shape index (κ3) is 5.81. The fourth-order valence-corrected chi connectivity index (χ4v) is 4.50. The van der Waals surface area contributed by atoms with Crippen molar-refractivity contribution in [2.75, 3.05) is 5.32 Å². The standard InChI is InChI=1S/C31H28FN7O/c1-3-4-28-26-14-24(18-36-30(26)39-38-28)23-7-5-20(6-8-23)16-34-29-27(13-21(15-33)17-35-29)31(40)37-19(2)22-9-11-25(32)12-10-22/h5-14,17-19H,3-4,16H2,1-2H3,(H,34,35)(H,37,40)(H,36,38,39). The molecule has 0 fully saturated rings. The van der Waals surface area contributed by atoms with E-state index < -0.39 is 0 Å². The van der Waals surface area contributed by atoms with Gasteiger partial charge in [-0.25, -0.2) is 14.4 Å². The fraction of sp³-hybridized carbons (Fsp3) is 0.194. The number of nitrogens with one attached hydrogen (secondary N) is 3. The number of hydrogen-bond donors (Lipinski definition) is 3. The van der Waals surface area contributed by atoms with E-state index in [2.05, 4.69) is 43.8 Å². The number of benzene rings is 2. The number of hydrogen-bond acceptors (Lipinski definition) is 6. The van der Waals surface area contributed by atoms with E-state index in [1.165, 1.54) is 24.4 Å². The van der Waals surface area contributed by atoms with Crippen LogP contribution in [0.5, 0.6) is 0 Å². The largest absolute Gasteiger partial charge is 0.365 e. The number of carbonyl (C=O) groups is 1. The van der Waals surface area contributed by atoms with Crippen LogP contribution in [0.2, 0.25) is 0 Å². The number of rotatable bonds is 9. The first-order chi connectivity index (χ1) is 19.4. The van der Waals surface area contributed by atoms with E-state index in [0.29, 0.717) is 12.4 Å². The van der Waals surface area contributed by atoms with Gasteiger partial charge in [-0.1, -0.05) is 49.7 Å². The van der Waals surface area contributed by atoms with Crippen LogP contribution in [0.15, 0.2) is 73.1 Å². The Morgan fingerprint density at radius 3 is 2.55 bits per heavy atom. The summed E-state index contributed by atoms with van der Waals surface area (Å²) in [7, 11) is 0. The van der Waals surface area contributed by atoms with Crippen molar-refractivity contribution in [3.8, 4) is 17.2 Å². The number of amides is 1. The summed E-state index contributed by atoms with van der Waals surface area (Å²) in [5.74, 6) is -0.363. The molecule has 3 heterocycles. The molecule has 0 aliphatic rings. The first-order valence-corrected chi connectivity index (χ1v) is 13.1. The molecule has 0 spiro atoms. The number of pyridine rings is 2.